The van der Waals surface area contributed by atoms with Crippen molar-refractivity contribution in [2.24, 2.45) is 0 Å². The predicted molar refractivity (Wildman–Crippen MR) is 78.9 cm³/mol. The van der Waals surface area contributed by atoms with E-state index in [-0.39, 0.29) is 12.1 Å². The fourth-order valence-corrected chi connectivity index (χ4v) is 2.68. The van der Waals surface area contributed by atoms with Crippen molar-refractivity contribution in [1.29, 1.82) is 0 Å². The van der Waals surface area contributed by atoms with E-state index in [0.29, 0.717) is 0 Å². The van der Waals surface area contributed by atoms with Crippen LogP contribution in [-0.4, -0.2) is 16.7 Å². The molecule has 1 heterocycles. The van der Waals surface area contributed by atoms with Crippen LogP contribution in [0, 0.1) is 12.3 Å². The van der Waals surface area contributed by atoms with Crippen LogP contribution in [0.15, 0.2) is 30.3 Å². The second-order valence-corrected chi connectivity index (χ2v) is 5.56. The maximum Gasteiger partial charge on any atom is 0.415 e. The Kier molecular flexibility index (Phi) is 4.34. The van der Waals surface area contributed by atoms with Gasteiger partial charge in [-0.3, -0.25) is 4.90 Å². The standard InChI is InChI=1S/C17H21NO2/c1-4-5-6-10-13-15(14-11-8-7-9-12-14)18-16(19)20-17(18,2)3/h1,7-9,11-12,15H,5-6,10,13H2,2-3H3. The molecule has 0 N–H and O–H groups in total. The first-order valence-electron chi connectivity index (χ1n) is 7.07. The molecular weight excluding hydrogens is 250 g/mol. The van der Waals surface area contributed by atoms with Crippen LogP contribution in [0.3, 0.4) is 0 Å². The zero-order chi connectivity index (χ0) is 14.6. The van der Waals surface area contributed by atoms with Gasteiger partial charge in [0.05, 0.1) is 6.04 Å². The summed E-state index contributed by atoms with van der Waals surface area (Å²) in [4.78, 5) is 13.7. The molecule has 1 unspecified atom stereocenters. The molecule has 1 aliphatic rings. The van der Waals surface area contributed by atoms with Crippen LogP contribution < -0.4 is 0 Å². The van der Waals surface area contributed by atoms with E-state index in [1.54, 1.807) is 0 Å². The Labute approximate surface area is 120 Å². The molecule has 1 aromatic carbocycles. The van der Waals surface area contributed by atoms with Crippen molar-refractivity contribution in [2.75, 3.05) is 0 Å². The van der Waals surface area contributed by atoms with Crippen LogP contribution in [0.2, 0.25) is 0 Å². The zero-order valence-corrected chi connectivity index (χ0v) is 12.1. The number of hydrogen-bond donors (Lipinski definition) is 0. The van der Waals surface area contributed by atoms with Gasteiger partial charge in [0, 0.05) is 6.42 Å². The molecule has 106 valence electrons. The normalized spacial score (nSPS) is 17.9. The third-order valence-corrected chi connectivity index (χ3v) is 3.66. The fraction of sp³-hybridized carbons (Fsp3) is 0.471. The van der Waals surface area contributed by atoms with Crippen molar-refractivity contribution < 1.29 is 9.53 Å². The number of carbonyl (C=O) groups excluding carboxylic acids is 1. The lowest BCUT2D eigenvalue weighted by molar-refractivity contribution is -0.181. The van der Waals surface area contributed by atoms with E-state index in [1.165, 1.54) is 0 Å². The van der Waals surface area contributed by atoms with Gasteiger partial charge in [-0.1, -0.05) is 36.8 Å². The second kappa shape index (κ2) is 6.00. The first kappa shape index (κ1) is 14.5. The van der Waals surface area contributed by atoms with Gasteiger partial charge in [0.15, 0.2) is 5.72 Å². The quantitative estimate of drug-likeness (QED) is 0.575. The van der Waals surface area contributed by atoms with E-state index in [9.17, 15) is 4.79 Å². The maximum absolute atomic E-state index is 11.8. The van der Waals surface area contributed by atoms with Crippen molar-refractivity contribution in [3.05, 3.63) is 35.9 Å². The summed E-state index contributed by atoms with van der Waals surface area (Å²) < 4.78 is 5.22. The van der Waals surface area contributed by atoms with Gasteiger partial charge in [-0.15, -0.1) is 12.3 Å². The Morgan fingerprint density at radius 2 is 2.00 bits per heavy atom. The van der Waals surface area contributed by atoms with Crippen molar-refractivity contribution in [2.45, 2.75) is 51.3 Å². The highest BCUT2D eigenvalue weighted by Gasteiger charge is 2.49. The SMILES string of the molecule is C#CCCCCC(c1ccccc1)N1C(=O)OC1(C)C. The molecule has 2 rings (SSSR count). The lowest BCUT2D eigenvalue weighted by Crippen LogP contribution is -2.62. The van der Waals surface area contributed by atoms with Gasteiger partial charge < -0.3 is 4.74 Å². The molecule has 0 aliphatic carbocycles. The number of hydrogen-bond acceptors (Lipinski definition) is 2. The first-order valence-corrected chi connectivity index (χ1v) is 7.07. The molecular formula is C17H21NO2. The molecule has 0 radical (unpaired) electrons. The second-order valence-electron chi connectivity index (χ2n) is 5.56. The number of cyclic esters (lactones) is 1. The van der Waals surface area contributed by atoms with Crippen LogP contribution in [0.1, 0.15) is 51.1 Å². The minimum atomic E-state index is -0.524. The molecule has 1 atom stereocenters. The summed E-state index contributed by atoms with van der Waals surface area (Å²) in [7, 11) is 0. The van der Waals surface area contributed by atoms with Crippen LogP contribution in [-0.2, 0) is 4.74 Å². The van der Waals surface area contributed by atoms with Gasteiger partial charge in [-0.25, -0.2) is 4.79 Å². The summed E-state index contributed by atoms with van der Waals surface area (Å²) in [5.74, 6) is 2.66. The fourth-order valence-electron chi connectivity index (χ4n) is 2.68. The Balaban J connectivity index is 2.13. The lowest BCUT2D eigenvalue weighted by atomic mass is 9.96. The molecule has 1 aromatic rings. The molecule has 20 heavy (non-hydrogen) atoms. The zero-order valence-electron chi connectivity index (χ0n) is 12.1. The average Bonchev–Trinajstić information content (AvgIpc) is 2.42. The topological polar surface area (TPSA) is 29.5 Å². The van der Waals surface area contributed by atoms with Crippen LogP contribution in [0.25, 0.3) is 0 Å². The van der Waals surface area contributed by atoms with E-state index in [0.717, 1.165) is 31.2 Å². The van der Waals surface area contributed by atoms with Crippen molar-refractivity contribution in [3.63, 3.8) is 0 Å². The van der Waals surface area contributed by atoms with Gasteiger partial charge in [0.1, 0.15) is 0 Å². The highest BCUT2D eigenvalue weighted by molar-refractivity contribution is 5.74. The van der Waals surface area contributed by atoms with E-state index in [4.69, 9.17) is 11.2 Å². The number of ether oxygens (including phenoxy) is 1. The first-order chi connectivity index (χ1) is 9.56. The van der Waals surface area contributed by atoms with Crippen molar-refractivity contribution >= 4 is 6.09 Å². The number of benzene rings is 1. The predicted octanol–water partition coefficient (Wildman–Crippen LogP) is 4.11. The Hall–Kier alpha value is -1.95. The highest BCUT2D eigenvalue weighted by atomic mass is 16.6. The largest absolute Gasteiger partial charge is 0.423 e. The molecule has 3 heteroatoms. The Morgan fingerprint density at radius 3 is 2.55 bits per heavy atom. The van der Waals surface area contributed by atoms with Crippen LogP contribution >= 0.6 is 0 Å². The summed E-state index contributed by atoms with van der Waals surface area (Å²) in [5.41, 5.74) is 0.627. The number of amides is 1. The van der Waals surface area contributed by atoms with Gasteiger partial charge in [0.2, 0.25) is 0 Å². The lowest BCUT2D eigenvalue weighted by Gasteiger charge is -2.50. The number of nitrogens with zero attached hydrogens (tertiary/aromatic N) is 1. The summed E-state index contributed by atoms with van der Waals surface area (Å²) in [6, 6.07) is 10.2. The number of unbranched alkanes of at least 4 members (excludes halogenated alkanes) is 2. The molecule has 3 nitrogen and oxygen atoms in total. The number of rotatable bonds is 6. The average molecular weight is 271 g/mol. The Bertz CT molecular complexity index is 501. The molecule has 0 saturated carbocycles. The maximum atomic E-state index is 11.8. The number of terminal acetylenes is 1. The monoisotopic (exact) mass is 271 g/mol. The van der Waals surface area contributed by atoms with Crippen molar-refractivity contribution in [3.8, 4) is 12.3 Å². The van der Waals surface area contributed by atoms with Gasteiger partial charge in [0.25, 0.3) is 0 Å². The van der Waals surface area contributed by atoms with Crippen LogP contribution in [0.5, 0.6) is 0 Å². The van der Waals surface area contributed by atoms with Gasteiger partial charge in [-0.2, -0.15) is 0 Å². The molecule has 1 saturated heterocycles. The third kappa shape index (κ3) is 2.96. The van der Waals surface area contributed by atoms with E-state index in [2.05, 4.69) is 18.1 Å². The van der Waals surface area contributed by atoms with Gasteiger partial charge >= 0.3 is 6.09 Å². The number of carbonyl (C=O) groups is 1. The minimum absolute atomic E-state index is 0.0604. The van der Waals surface area contributed by atoms with Crippen molar-refractivity contribution in [1.82, 2.24) is 4.90 Å². The Morgan fingerprint density at radius 1 is 1.30 bits per heavy atom. The molecule has 1 fully saturated rings. The molecule has 0 spiro atoms. The minimum Gasteiger partial charge on any atom is -0.423 e. The highest BCUT2D eigenvalue weighted by Crippen LogP contribution is 2.40. The summed E-state index contributed by atoms with van der Waals surface area (Å²) in [5, 5.41) is 0. The summed E-state index contributed by atoms with van der Waals surface area (Å²) in [6.45, 7) is 3.84. The smallest absolute Gasteiger partial charge is 0.415 e. The molecule has 0 bridgehead atoms. The van der Waals surface area contributed by atoms with Crippen LogP contribution in [0.4, 0.5) is 4.79 Å². The van der Waals surface area contributed by atoms with Gasteiger partial charge in [-0.05, 0) is 32.3 Å². The molecule has 1 amide bonds. The summed E-state index contributed by atoms with van der Waals surface area (Å²) in [6.07, 6.45) is 8.74. The van der Waals surface area contributed by atoms with E-state index < -0.39 is 5.72 Å². The summed E-state index contributed by atoms with van der Waals surface area (Å²) >= 11 is 0. The van der Waals surface area contributed by atoms with E-state index >= 15 is 0 Å². The van der Waals surface area contributed by atoms with E-state index in [1.807, 2.05) is 36.9 Å². The molecule has 0 aromatic heterocycles. The molecule has 1 aliphatic heterocycles. The third-order valence-electron chi connectivity index (χ3n) is 3.66.